The summed E-state index contributed by atoms with van der Waals surface area (Å²) in [5.41, 5.74) is 0.453. The van der Waals surface area contributed by atoms with E-state index in [4.69, 9.17) is 4.74 Å². The molecule has 1 aliphatic heterocycles. The lowest BCUT2D eigenvalue weighted by molar-refractivity contribution is -0.146. The van der Waals surface area contributed by atoms with Gasteiger partial charge in [-0.2, -0.15) is 0 Å². The van der Waals surface area contributed by atoms with Gasteiger partial charge in [0, 0.05) is 19.2 Å². The number of carbonyl (C=O) groups excluding carboxylic acids is 2. The van der Waals surface area contributed by atoms with E-state index in [9.17, 15) is 18.0 Å². The van der Waals surface area contributed by atoms with Crippen LogP contribution in [0.3, 0.4) is 0 Å². The molecule has 28 heavy (non-hydrogen) atoms. The molecule has 1 aromatic rings. The van der Waals surface area contributed by atoms with Crippen LogP contribution in [-0.2, 0) is 24.3 Å². The third-order valence-electron chi connectivity index (χ3n) is 4.89. The molecule has 0 spiro atoms. The zero-order valence-electron chi connectivity index (χ0n) is 16.8. The maximum absolute atomic E-state index is 13.0. The molecular formula is C19H27N3O5S. The van der Waals surface area contributed by atoms with Crippen LogP contribution in [0.5, 0.6) is 0 Å². The number of nitrogens with one attached hydrogen (secondary N) is 1. The van der Waals surface area contributed by atoms with Crippen molar-refractivity contribution in [1.29, 1.82) is 0 Å². The summed E-state index contributed by atoms with van der Waals surface area (Å²) >= 11 is 0. The van der Waals surface area contributed by atoms with Crippen molar-refractivity contribution >= 4 is 27.7 Å². The molecule has 0 aromatic heterocycles. The highest BCUT2D eigenvalue weighted by Gasteiger charge is 2.34. The Kier molecular flexibility index (Phi) is 6.82. The number of esters is 1. The first-order chi connectivity index (χ1) is 13.1. The van der Waals surface area contributed by atoms with E-state index in [1.165, 1.54) is 18.1 Å². The number of nitrogens with zero attached hydrogens (tertiary/aromatic N) is 2. The Balaban J connectivity index is 2.34. The second-order valence-electron chi connectivity index (χ2n) is 7.05. The van der Waals surface area contributed by atoms with Crippen molar-refractivity contribution < 1.29 is 22.7 Å². The summed E-state index contributed by atoms with van der Waals surface area (Å²) in [6.45, 7) is 5.70. The number of aliphatic imine (C=N–C) groups is 1. The molecule has 3 atom stereocenters. The molecule has 1 aliphatic rings. The fourth-order valence-electron chi connectivity index (χ4n) is 3.02. The highest BCUT2D eigenvalue weighted by Crippen LogP contribution is 2.24. The van der Waals surface area contributed by atoms with Crippen LogP contribution in [0, 0.1) is 11.8 Å². The van der Waals surface area contributed by atoms with Crippen LogP contribution in [-0.4, -0.2) is 57.8 Å². The van der Waals surface area contributed by atoms with Gasteiger partial charge in [-0.25, -0.2) is 8.42 Å². The van der Waals surface area contributed by atoms with Crippen LogP contribution in [0.25, 0.3) is 0 Å². The summed E-state index contributed by atoms with van der Waals surface area (Å²) < 4.78 is 31.8. The Hall–Kier alpha value is -2.42. The number of benzene rings is 1. The SMILES string of the molecule is CC[C@H](C)[C@H](N=C1NS(=O)(=O)c2ccccc21)C(=O)N(C)CC(C)C(=O)OC. The summed E-state index contributed by atoms with van der Waals surface area (Å²) in [6.07, 6.45) is 0.683. The highest BCUT2D eigenvalue weighted by atomic mass is 32.2. The van der Waals surface area contributed by atoms with Gasteiger partial charge in [0.15, 0.2) is 0 Å². The Labute approximate surface area is 166 Å². The Morgan fingerprint density at radius 1 is 1.25 bits per heavy atom. The molecule has 1 heterocycles. The quantitative estimate of drug-likeness (QED) is 0.686. The molecule has 1 unspecified atom stereocenters. The number of fused-ring (bicyclic) bond motifs is 1. The van der Waals surface area contributed by atoms with Crippen molar-refractivity contribution in [3.8, 4) is 0 Å². The number of sulfonamides is 1. The Morgan fingerprint density at radius 2 is 1.89 bits per heavy atom. The zero-order chi connectivity index (χ0) is 21.1. The van der Waals surface area contributed by atoms with Gasteiger partial charge in [0.2, 0.25) is 5.91 Å². The third-order valence-corrected chi connectivity index (χ3v) is 6.29. The topological polar surface area (TPSA) is 105 Å². The Morgan fingerprint density at radius 3 is 2.50 bits per heavy atom. The lowest BCUT2D eigenvalue weighted by Gasteiger charge is -2.26. The molecule has 154 valence electrons. The molecule has 1 amide bonds. The average molecular weight is 410 g/mol. The van der Waals surface area contributed by atoms with Crippen molar-refractivity contribution in [1.82, 2.24) is 9.62 Å². The van der Waals surface area contributed by atoms with Crippen LogP contribution in [0.1, 0.15) is 32.8 Å². The van der Waals surface area contributed by atoms with Crippen LogP contribution in [0.15, 0.2) is 34.2 Å². The summed E-state index contributed by atoms with van der Waals surface area (Å²) in [6, 6.07) is 5.75. The first-order valence-electron chi connectivity index (χ1n) is 9.15. The van der Waals surface area contributed by atoms with E-state index >= 15 is 0 Å². The number of likely N-dealkylation sites (N-methyl/N-ethyl adjacent to an activating group) is 1. The zero-order valence-corrected chi connectivity index (χ0v) is 17.6. The number of rotatable bonds is 7. The molecule has 0 fully saturated rings. The number of methoxy groups -OCH3 is 1. The molecular weight excluding hydrogens is 382 g/mol. The number of hydrogen-bond acceptors (Lipinski definition) is 6. The molecule has 8 nitrogen and oxygen atoms in total. The number of amidine groups is 1. The van der Waals surface area contributed by atoms with E-state index in [0.29, 0.717) is 12.0 Å². The first kappa shape index (κ1) is 21.9. The van der Waals surface area contributed by atoms with E-state index in [-0.39, 0.29) is 29.1 Å². The van der Waals surface area contributed by atoms with Crippen LogP contribution in [0.4, 0.5) is 0 Å². The smallest absolute Gasteiger partial charge is 0.310 e. The molecule has 1 N–H and O–H groups in total. The number of carbonyl (C=O) groups is 2. The summed E-state index contributed by atoms with van der Waals surface area (Å²) in [5.74, 6) is -1.10. The number of ether oxygens (including phenoxy) is 1. The number of amides is 1. The lowest BCUT2D eigenvalue weighted by atomic mass is 9.98. The van der Waals surface area contributed by atoms with Crippen LogP contribution >= 0.6 is 0 Å². The molecule has 2 rings (SSSR count). The van der Waals surface area contributed by atoms with Gasteiger partial charge in [0.25, 0.3) is 10.0 Å². The molecule has 0 aliphatic carbocycles. The monoisotopic (exact) mass is 409 g/mol. The van der Waals surface area contributed by atoms with Crippen molar-refractivity contribution in [2.24, 2.45) is 16.8 Å². The normalized spacial score (nSPS) is 19.2. The number of hydrogen-bond donors (Lipinski definition) is 1. The fourth-order valence-corrected chi connectivity index (χ4v) is 4.26. The molecule has 1 aromatic carbocycles. The van der Waals surface area contributed by atoms with Crippen molar-refractivity contribution in [3.05, 3.63) is 29.8 Å². The highest BCUT2D eigenvalue weighted by molar-refractivity contribution is 7.90. The van der Waals surface area contributed by atoms with Gasteiger partial charge in [-0.1, -0.05) is 39.3 Å². The second-order valence-corrected chi connectivity index (χ2v) is 8.70. The van der Waals surface area contributed by atoms with Gasteiger partial charge in [-0.15, -0.1) is 0 Å². The minimum atomic E-state index is -3.68. The van der Waals surface area contributed by atoms with Crippen molar-refractivity contribution in [2.45, 2.75) is 38.1 Å². The predicted octanol–water partition coefficient (Wildman–Crippen LogP) is 1.41. The molecule has 0 saturated carbocycles. The molecule has 0 saturated heterocycles. The van der Waals surface area contributed by atoms with Crippen LogP contribution in [0.2, 0.25) is 0 Å². The maximum Gasteiger partial charge on any atom is 0.310 e. The van der Waals surface area contributed by atoms with Crippen molar-refractivity contribution in [2.75, 3.05) is 20.7 Å². The van der Waals surface area contributed by atoms with Gasteiger partial charge in [0.05, 0.1) is 17.9 Å². The minimum Gasteiger partial charge on any atom is -0.469 e. The predicted molar refractivity (Wildman–Crippen MR) is 105 cm³/mol. The molecule has 0 radical (unpaired) electrons. The fraction of sp³-hybridized carbons (Fsp3) is 0.526. The van der Waals surface area contributed by atoms with Crippen molar-refractivity contribution in [3.63, 3.8) is 0 Å². The lowest BCUT2D eigenvalue weighted by Crippen LogP contribution is -2.43. The maximum atomic E-state index is 13.0. The van der Waals surface area contributed by atoms with Gasteiger partial charge in [-0.05, 0) is 18.1 Å². The second kappa shape index (κ2) is 8.72. The van der Waals surface area contributed by atoms with E-state index in [1.807, 2.05) is 13.8 Å². The third kappa shape index (κ3) is 4.52. The van der Waals surface area contributed by atoms with E-state index in [2.05, 4.69) is 9.71 Å². The molecule has 9 heteroatoms. The van der Waals surface area contributed by atoms with Gasteiger partial charge < -0.3 is 9.64 Å². The first-order valence-corrected chi connectivity index (χ1v) is 10.6. The van der Waals surface area contributed by atoms with Crippen LogP contribution < -0.4 is 4.72 Å². The average Bonchev–Trinajstić information content (AvgIpc) is 2.94. The van der Waals surface area contributed by atoms with E-state index in [0.717, 1.165) is 0 Å². The van der Waals surface area contributed by atoms with Gasteiger partial charge in [-0.3, -0.25) is 19.3 Å². The van der Waals surface area contributed by atoms with Gasteiger partial charge in [0.1, 0.15) is 11.9 Å². The summed E-state index contributed by atoms with van der Waals surface area (Å²) in [4.78, 5) is 30.8. The molecule has 0 bridgehead atoms. The standard InChI is InChI=1S/C19H27N3O5S/c1-6-12(2)16(18(23)22(4)11-13(3)19(24)27-5)20-17-14-9-7-8-10-15(14)28(25,26)21-17/h7-10,12-13,16H,6,11H2,1-5H3,(H,20,21)/t12-,13?,16-/m0/s1. The summed E-state index contributed by atoms with van der Waals surface area (Å²) in [7, 11) is -0.774. The minimum absolute atomic E-state index is 0.117. The summed E-state index contributed by atoms with van der Waals surface area (Å²) in [5, 5.41) is 0. The van der Waals surface area contributed by atoms with E-state index < -0.39 is 28.0 Å². The van der Waals surface area contributed by atoms with E-state index in [1.54, 1.807) is 32.2 Å². The largest absolute Gasteiger partial charge is 0.469 e. The Bertz CT molecular complexity index is 881. The van der Waals surface area contributed by atoms with Gasteiger partial charge >= 0.3 is 5.97 Å².